The smallest absolute Gasteiger partial charge is 0.313 e. The third-order valence-corrected chi connectivity index (χ3v) is 4.39. The number of rotatable bonds is 3. The number of aromatic nitrogens is 3. The van der Waals surface area contributed by atoms with E-state index in [0.717, 1.165) is 0 Å². The van der Waals surface area contributed by atoms with Crippen molar-refractivity contribution in [3.05, 3.63) is 51.7 Å². The second kappa shape index (κ2) is 5.90. The largest absolute Gasteiger partial charge is 0.463 e. The fourth-order valence-corrected chi connectivity index (χ4v) is 3.48. The van der Waals surface area contributed by atoms with Crippen LogP contribution < -0.4 is 5.56 Å². The van der Waals surface area contributed by atoms with Gasteiger partial charge in [-0.1, -0.05) is 6.07 Å². The highest BCUT2D eigenvalue weighted by Crippen LogP contribution is 2.44. The van der Waals surface area contributed by atoms with Gasteiger partial charge in [-0.25, -0.2) is 0 Å². The maximum absolute atomic E-state index is 12.7. The lowest BCUT2D eigenvalue weighted by Crippen LogP contribution is -2.50. The van der Waals surface area contributed by atoms with E-state index in [2.05, 4.69) is 15.2 Å². The Hall–Kier alpha value is -2.41. The molecule has 3 atom stereocenters. The third-order valence-electron chi connectivity index (χ3n) is 4.39. The highest BCUT2D eigenvalue weighted by atomic mass is 16.5. The molecule has 2 aromatic heterocycles. The Morgan fingerprint density at radius 2 is 2.21 bits per heavy atom. The second-order valence-electron chi connectivity index (χ2n) is 6.73. The molecule has 128 valence electrons. The van der Waals surface area contributed by atoms with Crippen molar-refractivity contribution >= 4 is 5.97 Å². The Kier molecular flexibility index (Phi) is 4.04. The Balaban J connectivity index is 2.18. The van der Waals surface area contributed by atoms with Gasteiger partial charge in [0.25, 0.3) is 5.56 Å². The van der Waals surface area contributed by atoms with Crippen molar-refractivity contribution in [1.82, 2.24) is 15.2 Å². The molecule has 0 unspecified atom stereocenters. The monoisotopic (exact) mass is 331 g/mol. The van der Waals surface area contributed by atoms with E-state index in [0.29, 0.717) is 16.8 Å². The molecule has 3 rings (SSSR count). The fourth-order valence-electron chi connectivity index (χ4n) is 3.48. The standard InChI is InChI=1S/C17H21N3O4/c1-9(2)24-16(22)14-12(10-5-4-6-18-8-10)13-11(7-17(14,3)23)19-20-15(13)21/h4-6,8-9,12,14,23H,7H2,1-3H3,(H2,19,20,21)/t12-,14-,17-/m0/s1. The minimum absolute atomic E-state index is 0.162. The predicted molar refractivity (Wildman–Crippen MR) is 86.5 cm³/mol. The molecule has 7 nitrogen and oxygen atoms in total. The van der Waals surface area contributed by atoms with Gasteiger partial charge in [0.15, 0.2) is 0 Å². The normalized spacial score (nSPS) is 26.2. The van der Waals surface area contributed by atoms with Crippen LogP contribution in [0.15, 0.2) is 29.3 Å². The maximum atomic E-state index is 12.7. The van der Waals surface area contributed by atoms with E-state index in [-0.39, 0.29) is 18.1 Å². The zero-order chi connectivity index (χ0) is 17.5. The number of hydrogen-bond donors (Lipinski definition) is 3. The van der Waals surface area contributed by atoms with Crippen molar-refractivity contribution in [2.45, 2.75) is 44.8 Å². The summed E-state index contributed by atoms with van der Waals surface area (Å²) in [5.41, 5.74) is 0.101. The van der Waals surface area contributed by atoms with Gasteiger partial charge in [0.1, 0.15) is 0 Å². The molecule has 0 bridgehead atoms. The molecule has 2 aromatic rings. The van der Waals surface area contributed by atoms with E-state index >= 15 is 0 Å². The number of aliphatic hydroxyl groups is 1. The van der Waals surface area contributed by atoms with Gasteiger partial charge in [-0.3, -0.25) is 19.7 Å². The summed E-state index contributed by atoms with van der Waals surface area (Å²) in [7, 11) is 0. The van der Waals surface area contributed by atoms with Crippen molar-refractivity contribution in [1.29, 1.82) is 0 Å². The van der Waals surface area contributed by atoms with Crippen LogP contribution in [0.4, 0.5) is 0 Å². The van der Waals surface area contributed by atoms with E-state index in [9.17, 15) is 14.7 Å². The number of H-pyrrole nitrogens is 2. The van der Waals surface area contributed by atoms with E-state index in [1.54, 1.807) is 45.3 Å². The molecule has 1 aliphatic rings. The summed E-state index contributed by atoms with van der Waals surface area (Å²) in [5, 5.41) is 16.3. The van der Waals surface area contributed by atoms with Crippen LogP contribution in [0, 0.1) is 5.92 Å². The predicted octanol–water partition coefficient (Wildman–Crippen LogP) is 1.10. The van der Waals surface area contributed by atoms with Crippen molar-refractivity contribution in [2.75, 3.05) is 0 Å². The van der Waals surface area contributed by atoms with Gasteiger partial charge in [-0.05, 0) is 32.4 Å². The Morgan fingerprint density at radius 1 is 1.46 bits per heavy atom. The Bertz CT molecular complexity index is 792. The van der Waals surface area contributed by atoms with Gasteiger partial charge in [0, 0.05) is 36.0 Å². The molecular formula is C17H21N3O4. The van der Waals surface area contributed by atoms with Crippen molar-refractivity contribution in [3.8, 4) is 0 Å². The van der Waals surface area contributed by atoms with E-state index in [1.165, 1.54) is 0 Å². The molecule has 0 fully saturated rings. The molecular weight excluding hydrogens is 310 g/mol. The van der Waals surface area contributed by atoms with Crippen LogP contribution in [0.25, 0.3) is 0 Å². The Labute approximate surface area is 139 Å². The summed E-state index contributed by atoms with van der Waals surface area (Å²) in [4.78, 5) is 29.1. The van der Waals surface area contributed by atoms with Crippen LogP contribution in [-0.4, -0.2) is 38.0 Å². The number of fused-ring (bicyclic) bond motifs is 1. The fraction of sp³-hybridized carbons (Fsp3) is 0.471. The quantitative estimate of drug-likeness (QED) is 0.730. The van der Waals surface area contributed by atoms with Crippen LogP contribution in [0.5, 0.6) is 0 Å². The minimum atomic E-state index is -1.36. The number of pyridine rings is 1. The minimum Gasteiger partial charge on any atom is -0.463 e. The average molecular weight is 331 g/mol. The number of carbonyl (C=O) groups excluding carboxylic acids is 1. The summed E-state index contributed by atoms with van der Waals surface area (Å²) in [6.45, 7) is 5.10. The number of nitrogens with zero attached hydrogens (tertiary/aromatic N) is 1. The molecule has 24 heavy (non-hydrogen) atoms. The number of esters is 1. The van der Waals surface area contributed by atoms with Gasteiger partial charge in [0.2, 0.25) is 0 Å². The average Bonchev–Trinajstić information content (AvgIpc) is 2.85. The molecule has 0 saturated heterocycles. The zero-order valence-electron chi connectivity index (χ0n) is 13.9. The summed E-state index contributed by atoms with van der Waals surface area (Å²) < 4.78 is 5.37. The lowest BCUT2D eigenvalue weighted by atomic mass is 9.66. The van der Waals surface area contributed by atoms with Crippen molar-refractivity contribution in [2.24, 2.45) is 5.92 Å². The van der Waals surface area contributed by atoms with Crippen molar-refractivity contribution < 1.29 is 14.6 Å². The molecule has 0 amide bonds. The number of nitrogens with one attached hydrogen (secondary N) is 2. The van der Waals surface area contributed by atoms with Gasteiger partial charge in [-0.15, -0.1) is 0 Å². The molecule has 0 saturated carbocycles. The molecule has 7 heteroatoms. The van der Waals surface area contributed by atoms with Gasteiger partial charge in [-0.2, -0.15) is 0 Å². The lowest BCUT2D eigenvalue weighted by molar-refractivity contribution is -0.163. The molecule has 1 aliphatic carbocycles. The SMILES string of the molecule is CC(C)OC(=O)[C@@H]1[C@@H](c2cccnc2)c2c([nH][nH]c2=O)C[C@]1(C)O. The number of hydrogen-bond acceptors (Lipinski definition) is 5. The third kappa shape index (κ3) is 2.75. The van der Waals surface area contributed by atoms with Crippen LogP contribution in [0.1, 0.15) is 43.5 Å². The molecule has 2 heterocycles. The first-order valence-corrected chi connectivity index (χ1v) is 7.93. The molecule has 3 N–H and O–H groups in total. The molecule has 0 radical (unpaired) electrons. The molecule has 0 aliphatic heterocycles. The summed E-state index contributed by atoms with van der Waals surface area (Å²) in [6.07, 6.45) is 3.08. The molecule has 0 aromatic carbocycles. The Morgan fingerprint density at radius 3 is 2.83 bits per heavy atom. The molecule has 0 spiro atoms. The van der Waals surface area contributed by atoms with Crippen LogP contribution in [-0.2, 0) is 16.0 Å². The van der Waals surface area contributed by atoms with Gasteiger partial charge >= 0.3 is 5.97 Å². The number of ether oxygens (including phenoxy) is 1. The topological polar surface area (TPSA) is 108 Å². The first kappa shape index (κ1) is 16.4. The summed E-state index contributed by atoms with van der Waals surface area (Å²) >= 11 is 0. The summed E-state index contributed by atoms with van der Waals surface area (Å²) in [5.74, 6) is -2.04. The van der Waals surface area contributed by atoms with Crippen LogP contribution >= 0.6 is 0 Å². The van der Waals surface area contributed by atoms with Gasteiger partial charge < -0.3 is 14.9 Å². The van der Waals surface area contributed by atoms with Crippen molar-refractivity contribution in [3.63, 3.8) is 0 Å². The van der Waals surface area contributed by atoms with E-state index in [4.69, 9.17) is 4.74 Å². The van der Waals surface area contributed by atoms with E-state index in [1.807, 2.05) is 0 Å². The highest BCUT2D eigenvalue weighted by Gasteiger charge is 2.51. The number of carbonyl (C=O) groups is 1. The second-order valence-corrected chi connectivity index (χ2v) is 6.73. The lowest BCUT2D eigenvalue weighted by Gasteiger charge is -2.40. The van der Waals surface area contributed by atoms with Crippen LogP contribution in [0.2, 0.25) is 0 Å². The van der Waals surface area contributed by atoms with Gasteiger partial charge in [0.05, 0.1) is 17.6 Å². The maximum Gasteiger partial charge on any atom is 0.313 e. The van der Waals surface area contributed by atoms with E-state index < -0.39 is 23.4 Å². The summed E-state index contributed by atoms with van der Waals surface area (Å²) in [6, 6.07) is 3.54. The number of aromatic amines is 2. The zero-order valence-corrected chi connectivity index (χ0v) is 13.9. The highest BCUT2D eigenvalue weighted by molar-refractivity contribution is 5.77. The first-order valence-electron chi connectivity index (χ1n) is 7.93. The van der Waals surface area contributed by atoms with Crippen LogP contribution in [0.3, 0.4) is 0 Å². The first-order chi connectivity index (χ1) is 11.3.